The number of rotatable bonds is 6. The predicted molar refractivity (Wildman–Crippen MR) is 96.1 cm³/mol. The molecule has 1 fully saturated rings. The van der Waals surface area contributed by atoms with Crippen molar-refractivity contribution in [1.29, 1.82) is 0 Å². The Bertz CT molecular complexity index is 503. The van der Waals surface area contributed by atoms with Gasteiger partial charge in [-0.15, -0.1) is 0 Å². The SMILES string of the molecule is CCNC(=NCc1cccc(Cl)c1)NCC(C)N1CCOCC1. The molecule has 23 heavy (non-hydrogen) atoms. The summed E-state index contributed by atoms with van der Waals surface area (Å²) in [7, 11) is 0. The van der Waals surface area contributed by atoms with E-state index in [-0.39, 0.29) is 0 Å². The molecule has 1 aliphatic rings. The van der Waals surface area contributed by atoms with Crippen LogP contribution in [0.5, 0.6) is 0 Å². The molecule has 1 aromatic carbocycles. The lowest BCUT2D eigenvalue weighted by atomic mass is 10.2. The molecule has 1 saturated heterocycles. The summed E-state index contributed by atoms with van der Waals surface area (Å²) in [6, 6.07) is 8.27. The Morgan fingerprint density at radius 2 is 2.13 bits per heavy atom. The lowest BCUT2D eigenvalue weighted by Crippen LogP contribution is -2.49. The zero-order valence-electron chi connectivity index (χ0n) is 14.0. The van der Waals surface area contributed by atoms with E-state index in [2.05, 4.69) is 34.4 Å². The first kappa shape index (κ1) is 18.0. The van der Waals surface area contributed by atoms with Crippen molar-refractivity contribution in [2.45, 2.75) is 26.4 Å². The fourth-order valence-corrected chi connectivity index (χ4v) is 2.75. The van der Waals surface area contributed by atoms with Crippen LogP contribution in [-0.2, 0) is 11.3 Å². The molecule has 128 valence electrons. The second-order valence-electron chi connectivity index (χ2n) is 5.70. The Labute approximate surface area is 144 Å². The molecule has 0 bridgehead atoms. The van der Waals surface area contributed by atoms with Crippen molar-refractivity contribution in [3.63, 3.8) is 0 Å². The minimum atomic E-state index is 0.453. The highest BCUT2D eigenvalue weighted by Crippen LogP contribution is 2.11. The van der Waals surface area contributed by atoms with Crippen molar-refractivity contribution in [2.24, 2.45) is 4.99 Å². The molecular formula is C17H27ClN4O. The van der Waals surface area contributed by atoms with Crippen molar-refractivity contribution < 1.29 is 4.74 Å². The molecule has 0 aliphatic carbocycles. The van der Waals surface area contributed by atoms with Crippen LogP contribution in [0.2, 0.25) is 5.02 Å². The molecule has 1 aromatic rings. The maximum atomic E-state index is 6.01. The zero-order valence-corrected chi connectivity index (χ0v) is 14.8. The summed E-state index contributed by atoms with van der Waals surface area (Å²) >= 11 is 6.01. The smallest absolute Gasteiger partial charge is 0.191 e. The van der Waals surface area contributed by atoms with Crippen molar-refractivity contribution in [3.05, 3.63) is 34.9 Å². The third-order valence-corrected chi connectivity index (χ3v) is 4.12. The third-order valence-electron chi connectivity index (χ3n) is 3.89. The lowest BCUT2D eigenvalue weighted by molar-refractivity contribution is 0.0211. The molecular weight excluding hydrogens is 312 g/mol. The van der Waals surface area contributed by atoms with E-state index < -0.39 is 0 Å². The fraction of sp³-hybridized carbons (Fsp3) is 0.588. The molecule has 0 saturated carbocycles. The number of guanidine groups is 1. The van der Waals surface area contributed by atoms with Gasteiger partial charge in [-0.1, -0.05) is 23.7 Å². The highest BCUT2D eigenvalue weighted by Gasteiger charge is 2.16. The first-order valence-electron chi connectivity index (χ1n) is 8.27. The molecule has 1 atom stereocenters. The standard InChI is InChI=1S/C17H27ClN4O/c1-3-19-17(21-13-15-5-4-6-16(18)11-15)20-12-14(2)22-7-9-23-10-8-22/h4-6,11,14H,3,7-10,12-13H2,1-2H3,(H2,19,20,21). The van der Waals surface area contributed by atoms with E-state index in [1.165, 1.54) is 0 Å². The van der Waals surface area contributed by atoms with Crippen LogP contribution < -0.4 is 10.6 Å². The van der Waals surface area contributed by atoms with Crippen LogP contribution >= 0.6 is 11.6 Å². The molecule has 0 aromatic heterocycles. The number of hydrogen-bond donors (Lipinski definition) is 2. The number of nitrogens with zero attached hydrogens (tertiary/aromatic N) is 2. The van der Waals surface area contributed by atoms with Crippen LogP contribution in [0.1, 0.15) is 19.4 Å². The second kappa shape index (κ2) is 9.75. The fourth-order valence-electron chi connectivity index (χ4n) is 2.54. The summed E-state index contributed by atoms with van der Waals surface area (Å²) in [5, 5.41) is 7.46. The van der Waals surface area contributed by atoms with Gasteiger partial charge in [-0.3, -0.25) is 4.90 Å². The van der Waals surface area contributed by atoms with Crippen LogP contribution in [0.25, 0.3) is 0 Å². The molecule has 1 aliphatic heterocycles. The monoisotopic (exact) mass is 338 g/mol. The average molecular weight is 339 g/mol. The summed E-state index contributed by atoms with van der Waals surface area (Å²) in [6.07, 6.45) is 0. The summed E-state index contributed by atoms with van der Waals surface area (Å²) in [5.41, 5.74) is 1.11. The van der Waals surface area contributed by atoms with Crippen molar-refractivity contribution in [3.8, 4) is 0 Å². The van der Waals surface area contributed by atoms with Gasteiger partial charge in [0.05, 0.1) is 19.8 Å². The second-order valence-corrected chi connectivity index (χ2v) is 6.14. The molecule has 0 spiro atoms. The molecule has 2 N–H and O–H groups in total. The van der Waals surface area contributed by atoms with E-state index in [0.717, 1.165) is 55.9 Å². The minimum absolute atomic E-state index is 0.453. The van der Waals surface area contributed by atoms with E-state index in [1.54, 1.807) is 0 Å². The van der Waals surface area contributed by atoms with Crippen LogP contribution in [0, 0.1) is 0 Å². The third kappa shape index (κ3) is 6.37. The van der Waals surface area contributed by atoms with E-state index in [9.17, 15) is 0 Å². The summed E-state index contributed by atoms with van der Waals surface area (Å²) in [4.78, 5) is 7.08. The summed E-state index contributed by atoms with van der Waals surface area (Å²) in [6.45, 7) is 10.3. The Kier molecular flexibility index (Phi) is 7.65. The molecule has 0 amide bonds. The van der Waals surface area contributed by atoms with Gasteiger partial charge in [0.25, 0.3) is 0 Å². The van der Waals surface area contributed by atoms with Crippen molar-refractivity contribution in [2.75, 3.05) is 39.4 Å². The van der Waals surface area contributed by atoms with Crippen LogP contribution in [0.3, 0.4) is 0 Å². The van der Waals surface area contributed by atoms with Gasteiger partial charge in [-0.25, -0.2) is 4.99 Å². The van der Waals surface area contributed by atoms with Crippen molar-refractivity contribution in [1.82, 2.24) is 15.5 Å². The highest BCUT2D eigenvalue weighted by molar-refractivity contribution is 6.30. The normalized spacial score (nSPS) is 17.8. The van der Waals surface area contributed by atoms with E-state index in [4.69, 9.17) is 16.3 Å². The Morgan fingerprint density at radius 1 is 1.35 bits per heavy atom. The Morgan fingerprint density at radius 3 is 2.83 bits per heavy atom. The van der Waals surface area contributed by atoms with E-state index >= 15 is 0 Å². The van der Waals surface area contributed by atoms with Crippen molar-refractivity contribution >= 4 is 17.6 Å². The van der Waals surface area contributed by atoms with Crippen LogP contribution in [0.15, 0.2) is 29.3 Å². The first-order chi connectivity index (χ1) is 11.2. The quantitative estimate of drug-likeness (QED) is 0.616. The largest absolute Gasteiger partial charge is 0.379 e. The van der Waals surface area contributed by atoms with Gasteiger partial charge in [-0.05, 0) is 31.5 Å². The molecule has 2 rings (SSSR count). The van der Waals surface area contributed by atoms with E-state index in [1.807, 2.05) is 24.3 Å². The van der Waals surface area contributed by atoms with Gasteiger partial charge in [0.1, 0.15) is 0 Å². The van der Waals surface area contributed by atoms with Gasteiger partial charge >= 0.3 is 0 Å². The maximum Gasteiger partial charge on any atom is 0.191 e. The number of hydrogen-bond acceptors (Lipinski definition) is 3. The summed E-state index contributed by atoms with van der Waals surface area (Å²) < 4.78 is 5.40. The lowest BCUT2D eigenvalue weighted by Gasteiger charge is -2.32. The summed E-state index contributed by atoms with van der Waals surface area (Å²) in [5.74, 6) is 0.840. The van der Waals surface area contributed by atoms with E-state index in [0.29, 0.717) is 12.6 Å². The van der Waals surface area contributed by atoms with Gasteiger partial charge in [0.2, 0.25) is 0 Å². The zero-order chi connectivity index (χ0) is 16.5. The molecule has 6 heteroatoms. The topological polar surface area (TPSA) is 48.9 Å². The molecule has 5 nitrogen and oxygen atoms in total. The maximum absolute atomic E-state index is 6.01. The molecule has 1 unspecified atom stereocenters. The number of aliphatic imine (C=N–C) groups is 1. The van der Waals surface area contributed by atoms with Crippen LogP contribution in [0.4, 0.5) is 0 Å². The molecule has 1 heterocycles. The number of benzene rings is 1. The Hall–Kier alpha value is -1.30. The first-order valence-corrected chi connectivity index (χ1v) is 8.65. The predicted octanol–water partition coefficient (Wildman–Crippen LogP) is 2.12. The van der Waals surface area contributed by atoms with Gasteiger partial charge in [0, 0.05) is 37.2 Å². The Balaban J connectivity index is 1.85. The average Bonchev–Trinajstić information content (AvgIpc) is 2.58. The highest BCUT2D eigenvalue weighted by atomic mass is 35.5. The number of nitrogens with one attached hydrogen (secondary N) is 2. The number of halogens is 1. The number of ether oxygens (including phenoxy) is 1. The molecule has 0 radical (unpaired) electrons. The minimum Gasteiger partial charge on any atom is -0.379 e. The van der Waals surface area contributed by atoms with Crippen LogP contribution in [-0.4, -0.2) is 56.3 Å². The number of morpholine rings is 1. The van der Waals surface area contributed by atoms with Gasteiger partial charge in [0.15, 0.2) is 5.96 Å². The van der Waals surface area contributed by atoms with Gasteiger partial charge < -0.3 is 15.4 Å². The van der Waals surface area contributed by atoms with Gasteiger partial charge in [-0.2, -0.15) is 0 Å².